The predicted molar refractivity (Wildman–Crippen MR) is 101 cm³/mol. The molecule has 6 heteroatoms. The molecule has 0 radical (unpaired) electrons. The number of Topliss-reactive ketones (excluding diaryl/α,β-unsaturated/α-hetero) is 1. The van der Waals surface area contributed by atoms with Gasteiger partial charge in [0.25, 0.3) is 0 Å². The fourth-order valence-corrected chi connectivity index (χ4v) is 7.24. The van der Waals surface area contributed by atoms with Gasteiger partial charge in [0.2, 0.25) is 0 Å². The second-order valence-electron chi connectivity index (χ2n) is 10.3. The highest BCUT2D eigenvalue weighted by molar-refractivity contribution is 5.85. The summed E-state index contributed by atoms with van der Waals surface area (Å²) in [5.74, 6) is -0.475. The van der Waals surface area contributed by atoms with Crippen molar-refractivity contribution in [2.24, 2.45) is 34.0 Å². The largest absolute Gasteiger partial charge is 0.460 e. The quantitative estimate of drug-likeness (QED) is 0.562. The monoisotopic (exact) mass is 394 g/mol. The van der Waals surface area contributed by atoms with Gasteiger partial charge in [0.05, 0.1) is 18.8 Å². The topological polar surface area (TPSA) is 96.4 Å². The lowest BCUT2D eigenvalue weighted by Crippen LogP contribution is -2.64. The van der Waals surface area contributed by atoms with Crippen molar-refractivity contribution in [2.45, 2.75) is 78.1 Å². The van der Waals surface area contributed by atoms with E-state index in [1.165, 1.54) is 0 Å². The zero-order chi connectivity index (χ0) is 20.5. The second-order valence-corrected chi connectivity index (χ2v) is 10.3. The van der Waals surface area contributed by atoms with Gasteiger partial charge in [-0.05, 0) is 42.9 Å². The molecule has 9 atom stereocenters. The molecule has 1 aliphatic heterocycles. The lowest BCUT2D eigenvalue weighted by molar-refractivity contribution is -0.215. The van der Waals surface area contributed by atoms with Gasteiger partial charge < -0.3 is 19.7 Å². The Balaban J connectivity index is 1.88. The minimum absolute atomic E-state index is 0.0283. The number of aliphatic hydroxyl groups is 2. The summed E-state index contributed by atoms with van der Waals surface area (Å²) in [5, 5.41) is 20.9. The van der Waals surface area contributed by atoms with Crippen molar-refractivity contribution in [3.63, 3.8) is 0 Å². The average Bonchev–Trinajstić information content (AvgIpc) is 3.47. The molecule has 158 valence electrons. The van der Waals surface area contributed by atoms with Gasteiger partial charge in [-0.25, -0.2) is 4.79 Å². The smallest absolute Gasteiger partial charge is 0.332 e. The van der Waals surface area contributed by atoms with Crippen LogP contribution in [0.2, 0.25) is 0 Å². The van der Waals surface area contributed by atoms with Crippen molar-refractivity contribution in [1.29, 1.82) is 0 Å². The molecule has 2 unspecified atom stereocenters. The molecule has 0 aromatic rings. The summed E-state index contributed by atoms with van der Waals surface area (Å²) in [7, 11) is 0. The molecule has 0 aromatic carbocycles. The first-order chi connectivity index (χ1) is 13.1. The van der Waals surface area contributed by atoms with Crippen LogP contribution >= 0.6 is 0 Å². The van der Waals surface area contributed by atoms with Gasteiger partial charge >= 0.3 is 5.97 Å². The standard InChI is InChI=1S/C22H34O6/c1-12-5-7-22-8-6-14(24)18(22)21(12,4)15(28-17(25)10-23)9-20(3,16-11-27-16)19(26)13(22)2/h12-13,15-16,18-19,23,26H,5-11H2,1-4H3/t12?,13-,15+,16?,18-,19-,20-,21-,22-/m0/s1. The van der Waals surface area contributed by atoms with Crippen LogP contribution in [0.5, 0.6) is 0 Å². The van der Waals surface area contributed by atoms with Crippen molar-refractivity contribution in [2.75, 3.05) is 13.2 Å². The number of aliphatic hydroxyl groups excluding tert-OH is 2. The minimum atomic E-state index is -0.680. The third-order valence-corrected chi connectivity index (χ3v) is 9.31. The first-order valence-electron chi connectivity index (χ1n) is 10.7. The first-order valence-corrected chi connectivity index (χ1v) is 10.7. The molecule has 1 heterocycles. The van der Waals surface area contributed by atoms with Crippen LogP contribution in [-0.4, -0.2) is 53.5 Å². The van der Waals surface area contributed by atoms with Gasteiger partial charge in [0, 0.05) is 23.2 Å². The van der Waals surface area contributed by atoms with E-state index >= 15 is 0 Å². The Bertz CT molecular complexity index is 674. The van der Waals surface area contributed by atoms with Gasteiger partial charge in [-0.2, -0.15) is 0 Å². The Labute approximate surface area is 167 Å². The zero-order valence-corrected chi connectivity index (χ0v) is 17.4. The molecular formula is C22H34O6. The summed E-state index contributed by atoms with van der Waals surface area (Å²) < 4.78 is 11.5. The van der Waals surface area contributed by atoms with E-state index < -0.39 is 35.6 Å². The van der Waals surface area contributed by atoms with Crippen LogP contribution in [0.25, 0.3) is 0 Å². The maximum absolute atomic E-state index is 13.2. The summed E-state index contributed by atoms with van der Waals surface area (Å²) in [6, 6.07) is 0. The normalized spacial score (nSPS) is 53.1. The van der Waals surface area contributed by atoms with Crippen LogP contribution in [0.3, 0.4) is 0 Å². The van der Waals surface area contributed by atoms with E-state index in [-0.39, 0.29) is 35.1 Å². The summed E-state index contributed by atoms with van der Waals surface area (Å²) >= 11 is 0. The molecule has 0 aromatic heterocycles. The highest BCUT2D eigenvalue weighted by Gasteiger charge is 2.69. The number of carbonyl (C=O) groups is 2. The number of hydrogen-bond donors (Lipinski definition) is 2. The SMILES string of the molecule is CC1CC[C@@]23CCC(=O)[C@H]2[C@]1(C)[C@H](OC(=O)CO)C[C@@](C)(C1CO1)[C@@H](O)[C@@H]3C. The zero-order valence-electron chi connectivity index (χ0n) is 17.4. The van der Waals surface area contributed by atoms with Gasteiger partial charge in [0.15, 0.2) is 0 Å². The van der Waals surface area contributed by atoms with E-state index in [9.17, 15) is 19.8 Å². The number of rotatable bonds is 3. The van der Waals surface area contributed by atoms with Crippen LogP contribution in [0.15, 0.2) is 0 Å². The number of epoxide rings is 1. The minimum Gasteiger partial charge on any atom is -0.460 e. The molecule has 3 saturated carbocycles. The number of hydrogen-bond acceptors (Lipinski definition) is 6. The van der Waals surface area contributed by atoms with Crippen LogP contribution in [-0.2, 0) is 19.1 Å². The van der Waals surface area contributed by atoms with Gasteiger partial charge in [-0.3, -0.25) is 4.79 Å². The van der Waals surface area contributed by atoms with Crippen LogP contribution < -0.4 is 0 Å². The second kappa shape index (κ2) is 6.51. The number of ether oxygens (including phenoxy) is 2. The third-order valence-electron chi connectivity index (χ3n) is 9.31. The molecule has 0 amide bonds. The fourth-order valence-electron chi connectivity index (χ4n) is 7.24. The molecule has 6 nitrogen and oxygen atoms in total. The highest BCUT2D eigenvalue weighted by atomic mass is 16.6. The maximum Gasteiger partial charge on any atom is 0.332 e. The Morgan fingerprint density at radius 2 is 1.96 bits per heavy atom. The molecule has 4 aliphatic rings. The highest BCUT2D eigenvalue weighted by Crippen LogP contribution is 2.68. The van der Waals surface area contributed by atoms with E-state index in [2.05, 4.69) is 20.8 Å². The molecule has 3 aliphatic carbocycles. The molecule has 0 spiro atoms. The number of esters is 1. The first kappa shape index (κ1) is 20.3. The third kappa shape index (κ3) is 2.56. The van der Waals surface area contributed by atoms with E-state index in [4.69, 9.17) is 9.47 Å². The van der Waals surface area contributed by atoms with Crippen molar-refractivity contribution < 1.29 is 29.3 Å². The van der Waals surface area contributed by atoms with E-state index in [0.717, 1.165) is 19.3 Å². The summed E-state index contributed by atoms with van der Waals surface area (Å²) in [6.07, 6.45) is 2.38. The van der Waals surface area contributed by atoms with Crippen molar-refractivity contribution in [1.82, 2.24) is 0 Å². The molecule has 4 rings (SSSR count). The average molecular weight is 395 g/mol. The molecular weight excluding hydrogens is 360 g/mol. The van der Waals surface area contributed by atoms with Gasteiger partial charge in [-0.1, -0.05) is 27.7 Å². The summed E-state index contributed by atoms with van der Waals surface area (Å²) in [5.41, 5.74) is -1.33. The fraction of sp³-hybridized carbons (Fsp3) is 0.909. The van der Waals surface area contributed by atoms with Gasteiger partial charge in [0.1, 0.15) is 18.5 Å². The maximum atomic E-state index is 13.2. The summed E-state index contributed by atoms with van der Waals surface area (Å²) in [4.78, 5) is 25.3. The molecule has 4 fully saturated rings. The van der Waals surface area contributed by atoms with Crippen LogP contribution in [0.4, 0.5) is 0 Å². The molecule has 28 heavy (non-hydrogen) atoms. The molecule has 2 N–H and O–H groups in total. The van der Waals surface area contributed by atoms with Crippen molar-refractivity contribution in [3.05, 3.63) is 0 Å². The van der Waals surface area contributed by atoms with Crippen LogP contribution in [0, 0.1) is 34.0 Å². The Kier molecular flexibility index (Phi) is 4.72. The van der Waals surface area contributed by atoms with E-state index in [0.29, 0.717) is 19.4 Å². The number of carbonyl (C=O) groups excluding carboxylic acids is 2. The van der Waals surface area contributed by atoms with Crippen LogP contribution in [0.1, 0.15) is 59.8 Å². The predicted octanol–water partition coefficient (Wildman–Crippen LogP) is 2.10. The summed E-state index contributed by atoms with van der Waals surface area (Å²) in [6.45, 7) is 8.32. The van der Waals surface area contributed by atoms with E-state index in [1.807, 2.05) is 6.92 Å². The Morgan fingerprint density at radius 1 is 1.29 bits per heavy atom. The number of ketones is 1. The van der Waals surface area contributed by atoms with Gasteiger partial charge in [-0.15, -0.1) is 0 Å². The Hall–Kier alpha value is -0.980. The molecule has 2 bridgehead atoms. The lowest BCUT2D eigenvalue weighted by atomic mass is 9.43. The Morgan fingerprint density at radius 3 is 2.57 bits per heavy atom. The van der Waals surface area contributed by atoms with E-state index in [1.54, 1.807) is 0 Å². The van der Waals surface area contributed by atoms with Crippen molar-refractivity contribution in [3.8, 4) is 0 Å². The van der Waals surface area contributed by atoms with Crippen molar-refractivity contribution >= 4 is 11.8 Å². The molecule has 1 saturated heterocycles. The lowest BCUT2D eigenvalue weighted by Gasteiger charge is -2.62.